The van der Waals surface area contributed by atoms with E-state index in [2.05, 4.69) is 9.98 Å². The Morgan fingerprint density at radius 2 is 1.92 bits per heavy atom. The van der Waals surface area contributed by atoms with Gasteiger partial charge in [0.2, 0.25) is 0 Å². The molecule has 0 spiro atoms. The molecule has 3 heteroatoms. The smallest absolute Gasteiger partial charge is 0.154 e. The van der Waals surface area contributed by atoms with E-state index in [9.17, 15) is 5.11 Å². The lowest BCUT2D eigenvalue weighted by Gasteiger charge is -2.23. The van der Waals surface area contributed by atoms with Crippen molar-refractivity contribution in [2.45, 2.75) is 39.2 Å². The molecule has 0 aromatic rings. The normalized spacial score (nSPS) is 14.2. The summed E-state index contributed by atoms with van der Waals surface area (Å²) in [7, 11) is 1.65. The number of aliphatic imine (C=N–C) groups is 2. The number of amidine groups is 1. The van der Waals surface area contributed by atoms with Crippen molar-refractivity contribution in [1.29, 1.82) is 0 Å². The quantitative estimate of drug-likeness (QED) is 0.508. The highest BCUT2D eigenvalue weighted by Gasteiger charge is 2.28. The lowest BCUT2D eigenvalue weighted by molar-refractivity contribution is 0.102. The Morgan fingerprint density at radius 1 is 1.42 bits per heavy atom. The average Bonchev–Trinajstić information content (AvgIpc) is 2.13. The van der Waals surface area contributed by atoms with E-state index in [-0.39, 0.29) is 0 Å². The van der Waals surface area contributed by atoms with Crippen molar-refractivity contribution >= 4 is 12.1 Å². The lowest BCUT2D eigenvalue weighted by Crippen LogP contribution is -2.36. The Balaban J connectivity index is 4.68. The van der Waals surface area contributed by atoms with E-state index >= 15 is 0 Å². The highest BCUT2D eigenvalue weighted by Crippen LogP contribution is 2.17. The highest BCUT2D eigenvalue weighted by atomic mass is 16.3. The van der Waals surface area contributed by atoms with Crippen LogP contribution in [0.25, 0.3) is 0 Å². The van der Waals surface area contributed by atoms with Gasteiger partial charge in [-0.1, -0.05) is 13.8 Å². The second-order valence-electron chi connectivity index (χ2n) is 2.67. The van der Waals surface area contributed by atoms with Gasteiger partial charge in [0.25, 0.3) is 0 Å². The van der Waals surface area contributed by atoms with Gasteiger partial charge in [0.1, 0.15) is 5.60 Å². The minimum Gasteiger partial charge on any atom is -0.382 e. The summed E-state index contributed by atoms with van der Waals surface area (Å²) in [5, 5.41) is 9.98. The highest BCUT2D eigenvalue weighted by molar-refractivity contribution is 5.95. The molecule has 70 valence electrons. The van der Waals surface area contributed by atoms with Crippen LogP contribution in [0.15, 0.2) is 9.98 Å². The zero-order valence-corrected chi connectivity index (χ0v) is 8.33. The maximum atomic E-state index is 9.98. The summed E-state index contributed by atoms with van der Waals surface area (Å²) >= 11 is 0. The van der Waals surface area contributed by atoms with Gasteiger partial charge < -0.3 is 5.11 Å². The molecule has 0 aliphatic carbocycles. The van der Waals surface area contributed by atoms with Crippen LogP contribution in [0.3, 0.4) is 0 Å². The van der Waals surface area contributed by atoms with Gasteiger partial charge in [-0.15, -0.1) is 0 Å². The van der Waals surface area contributed by atoms with Gasteiger partial charge in [0.15, 0.2) is 5.84 Å². The molecule has 0 saturated carbocycles. The Bertz CT molecular complexity index is 181. The molecular weight excluding hydrogens is 152 g/mol. The van der Waals surface area contributed by atoms with Gasteiger partial charge >= 0.3 is 0 Å². The predicted octanol–water partition coefficient (Wildman–Crippen LogP) is 1.66. The summed E-state index contributed by atoms with van der Waals surface area (Å²) < 4.78 is 0. The fourth-order valence-corrected chi connectivity index (χ4v) is 1.07. The van der Waals surface area contributed by atoms with Gasteiger partial charge in [-0.05, 0) is 19.8 Å². The number of hydrogen-bond acceptors (Lipinski definition) is 2. The largest absolute Gasteiger partial charge is 0.382 e. The minimum absolute atomic E-state index is 0.523. The summed E-state index contributed by atoms with van der Waals surface area (Å²) in [5.41, 5.74) is -0.846. The maximum absolute atomic E-state index is 9.98. The number of hydrogen-bond donors (Lipinski definition) is 1. The Hall–Kier alpha value is -0.700. The molecule has 3 nitrogen and oxygen atoms in total. The van der Waals surface area contributed by atoms with Crippen molar-refractivity contribution in [1.82, 2.24) is 0 Å². The lowest BCUT2D eigenvalue weighted by atomic mass is 9.96. The number of rotatable bonds is 3. The van der Waals surface area contributed by atoms with E-state index < -0.39 is 5.60 Å². The fourth-order valence-electron chi connectivity index (χ4n) is 1.07. The first-order valence-electron chi connectivity index (χ1n) is 4.32. The van der Waals surface area contributed by atoms with Crippen molar-refractivity contribution in [3.63, 3.8) is 0 Å². The number of aliphatic hydroxyl groups is 1. The van der Waals surface area contributed by atoms with E-state index in [1.807, 2.05) is 20.8 Å². The van der Waals surface area contributed by atoms with Crippen molar-refractivity contribution in [3.8, 4) is 0 Å². The molecule has 0 atom stereocenters. The molecule has 0 heterocycles. The predicted molar refractivity (Wildman–Crippen MR) is 53.1 cm³/mol. The summed E-state index contributed by atoms with van der Waals surface area (Å²) in [5.74, 6) is 0.523. The van der Waals surface area contributed by atoms with Crippen LogP contribution >= 0.6 is 0 Å². The molecular formula is C9H18N2O. The Labute approximate surface area is 74.2 Å². The van der Waals surface area contributed by atoms with E-state index in [1.54, 1.807) is 13.3 Å². The van der Waals surface area contributed by atoms with E-state index in [1.165, 1.54) is 0 Å². The number of nitrogens with zero attached hydrogens (tertiary/aromatic N) is 2. The fraction of sp³-hybridized carbons (Fsp3) is 0.778. The molecule has 0 bridgehead atoms. The molecule has 0 fully saturated rings. The van der Waals surface area contributed by atoms with Gasteiger partial charge in [0.05, 0.1) is 0 Å². The minimum atomic E-state index is -0.846. The first kappa shape index (κ1) is 11.3. The molecule has 0 aliphatic heterocycles. The van der Waals surface area contributed by atoms with Gasteiger partial charge in [-0.2, -0.15) is 0 Å². The maximum Gasteiger partial charge on any atom is 0.154 e. The standard InChI is InChI=1S/C9H18N2O/c1-5-9(12,6-2)8(10-4)11-7-3/h7,12H,5-6H2,1-4H3/b10-8-,11-7+. The van der Waals surface area contributed by atoms with Crippen LogP contribution in [0.1, 0.15) is 33.6 Å². The zero-order chi connectivity index (χ0) is 9.61. The average molecular weight is 170 g/mol. The molecule has 0 saturated heterocycles. The topological polar surface area (TPSA) is 45.0 Å². The zero-order valence-electron chi connectivity index (χ0n) is 8.33. The van der Waals surface area contributed by atoms with E-state index in [0.717, 1.165) is 0 Å². The molecule has 0 aromatic carbocycles. The molecule has 0 radical (unpaired) electrons. The first-order chi connectivity index (χ1) is 5.64. The third-order valence-corrected chi connectivity index (χ3v) is 2.05. The summed E-state index contributed by atoms with van der Waals surface area (Å²) in [4.78, 5) is 7.99. The van der Waals surface area contributed by atoms with Crippen molar-refractivity contribution in [2.75, 3.05) is 7.05 Å². The van der Waals surface area contributed by atoms with Crippen molar-refractivity contribution < 1.29 is 5.11 Å². The van der Waals surface area contributed by atoms with Gasteiger partial charge in [0, 0.05) is 13.3 Å². The molecule has 0 aliphatic rings. The van der Waals surface area contributed by atoms with Crippen LogP contribution in [-0.4, -0.2) is 29.8 Å². The summed E-state index contributed by atoms with van der Waals surface area (Å²) in [6.45, 7) is 5.68. The molecule has 0 unspecified atom stereocenters. The summed E-state index contributed by atoms with van der Waals surface area (Å²) in [6.07, 6.45) is 2.94. The monoisotopic (exact) mass is 170 g/mol. The second kappa shape index (κ2) is 5.04. The van der Waals surface area contributed by atoms with Crippen LogP contribution in [0, 0.1) is 0 Å². The van der Waals surface area contributed by atoms with Crippen LogP contribution < -0.4 is 0 Å². The van der Waals surface area contributed by atoms with Crippen LogP contribution in [0.5, 0.6) is 0 Å². The van der Waals surface area contributed by atoms with Gasteiger partial charge in [-0.25, -0.2) is 4.99 Å². The molecule has 1 N–H and O–H groups in total. The van der Waals surface area contributed by atoms with Crippen LogP contribution in [0.4, 0.5) is 0 Å². The Kier molecular flexibility index (Phi) is 4.74. The molecule has 0 aromatic heterocycles. The Morgan fingerprint density at radius 3 is 2.17 bits per heavy atom. The first-order valence-corrected chi connectivity index (χ1v) is 4.32. The van der Waals surface area contributed by atoms with Crippen molar-refractivity contribution in [3.05, 3.63) is 0 Å². The molecule has 12 heavy (non-hydrogen) atoms. The summed E-state index contributed by atoms with van der Waals surface area (Å²) in [6, 6.07) is 0. The third kappa shape index (κ3) is 2.41. The SMILES string of the molecule is C/C=N/C(=N\C)C(O)(CC)CC. The molecule has 0 amide bonds. The van der Waals surface area contributed by atoms with Crippen molar-refractivity contribution in [2.24, 2.45) is 9.98 Å². The van der Waals surface area contributed by atoms with E-state index in [0.29, 0.717) is 18.7 Å². The van der Waals surface area contributed by atoms with E-state index in [4.69, 9.17) is 0 Å². The van der Waals surface area contributed by atoms with Crippen LogP contribution in [-0.2, 0) is 0 Å². The third-order valence-electron chi connectivity index (χ3n) is 2.05. The molecule has 0 rings (SSSR count). The van der Waals surface area contributed by atoms with Gasteiger partial charge in [-0.3, -0.25) is 4.99 Å². The second-order valence-corrected chi connectivity index (χ2v) is 2.67. The van der Waals surface area contributed by atoms with Crippen LogP contribution in [0.2, 0.25) is 0 Å².